The zero-order valence-corrected chi connectivity index (χ0v) is 15.3. The molecular weight excluding hydrogens is 408 g/mol. The maximum Gasteiger partial charge on any atom is 0.431 e. The van der Waals surface area contributed by atoms with E-state index in [0.29, 0.717) is 0 Å². The molecule has 0 bridgehead atoms. The van der Waals surface area contributed by atoms with E-state index >= 15 is 0 Å². The molecule has 4 nitrogen and oxygen atoms in total. The summed E-state index contributed by atoms with van der Waals surface area (Å²) in [6, 6.07) is 11.8. The van der Waals surface area contributed by atoms with Crippen LogP contribution in [-0.4, -0.2) is 24.9 Å². The van der Waals surface area contributed by atoms with E-state index in [1.165, 1.54) is 30.3 Å². The molecule has 0 N–H and O–H groups in total. The minimum atomic E-state index is -5.15. The Bertz CT molecular complexity index is 858. The summed E-state index contributed by atoms with van der Waals surface area (Å²) < 4.78 is 57.6. The first-order valence-electron chi connectivity index (χ1n) is 7.69. The van der Waals surface area contributed by atoms with Gasteiger partial charge >= 0.3 is 12.1 Å². The van der Waals surface area contributed by atoms with E-state index in [0.717, 1.165) is 7.11 Å². The van der Waals surface area contributed by atoms with Crippen molar-refractivity contribution in [3.05, 3.63) is 69.7 Å². The van der Waals surface area contributed by atoms with Crippen LogP contribution in [0.4, 0.5) is 13.2 Å². The van der Waals surface area contributed by atoms with E-state index in [1.807, 2.05) is 0 Å². The summed E-state index contributed by atoms with van der Waals surface area (Å²) in [4.78, 5) is 12.3. The fraction of sp³-hybridized carbons (Fsp3) is 0.278. The Morgan fingerprint density at radius 2 is 1.56 bits per heavy atom. The molecule has 0 radical (unpaired) electrons. The second-order valence-electron chi connectivity index (χ2n) is 5.73. The summed E-state index contributed by atoms with van der Waals surface area (Å²) in [5, 5.41) is 0.117. The van der Waals surface area contributed by atoms with Crippen molar-refractivity contribution in [2.24, 2.45) is 0 Å². The van der Waals surface area contributed by atoms with Gasteiger partial charge in [-0.15, -0.1) is 0 Å². The molecule has 1 heterocycles. The number of esters is 1. The van der Waals surface area contributed by atoms with Crippen molar-refractivity contribution in [3.63, 3.8) is 0 Å². The molecule has 0 saturated carbocycles. The van der Waals surface area contributed by atoms with Crippen LogP contribution in [0.2, 0.25) is 10.0 Å². The van der Waals surface area contributed by atoms with Crippen LogP contribution in [0.15, 0.2) is 48.5 Å². The summed E-state index contributed by atoms with van der Waals surface area (Å²) in [7, 11) is 0.839. The highest BCUT2D eigenvalue weighted by molar-refractivity contribution is 6.31. The fourth-order valence-corrected chi connectivity index (χ4v) is 3.36. The summed E-state index contributed by atoms with van der Waals surface area (Å²) >= 11 is 12.1. The molecule has 3 atom stereocenters. The zero-order valence-electron chi connectivity index (χ0n) is 13.8. The number of carbonyl (C=O) groups excluding carboxylic acids is 1. The van der Waals surface area contributed by atoms with Gasteiger partial charge in [0.15, 0.2) is 6.29 Å². The minimum Gasteiger partial charge on any atom is -0.467 e. The Balaban J connectivity index is 2.19. The van der Waals surface area contributed by atoms with E-state index in [9.17, 15) is 18.0 Å². The third-order valence-corrected chi connectivity index (χ3v) is 4.87. The van der Waals surface area contributed by atoms with Crippen LogP contribution in [0.1, 0.15) is 23.5 Å². The third-order valence-electron chi connectivity index (χ3n) is 4.18. The lowest BCUT2D eigenvalue weighted by atomic mass is 9.90. The summed E-state index contributed by atoms with van der Waals surface area (Å²) in [5.74, 6) is -1.64. The Morgan fingerprint density at radius 3 is 2.04 bits per heavy atom. The standard InChI is InChI=1S/C18H13Cl2F3O4/c1-25-16(24)17(18(21,22)23)14(10-6-2-4-8-12(10)19)26-15(27-17)11-7-3-5-9-13(11)20/h2-9,14-15H,1H3/t14-,15+,17-/m0/s1. The predicted octanol–water partition coefficient (Wildman–Crippen LogP) is 5.25. The zero-order chi connectivity index (χ0) is 19.8. The van der Waals surface area contributed by atoms with Crippen LogP contribution in [0.5, 0.6) is 0 Å². The topological polar surface area (TPSA) is 44.8 Å². The normalized spacial score (nSPS) is 25.4. The smallest absolute Gasteiger partial charge is 0.431 e. The molecule has 1 aliphatic rings. The molecule has 1 aliphatic heterocycles. The average Bonchev–Trinajstić information content (AvgIpc) is 3.03. The number of alkyl halides is 3. The van der Waals surface area contributed by atoms with E-state index in [1.54, 1.807) is 18.2 Å². The molecule has 1 fully saturated rings. The molecule has 0 aromatic heterocycles. The molecule has 3 rings (SSSR count). The highest BCUT2D eigenvalue weighted by atomic mass is 35.5. The van der Waals surface area contributed by atoms with Crippen LogP contribution in [0, 0.1) is 0 Å². The van der Waals surface area contributed by atoms with Gasteiger partial charge < -0.3 is 14.2 Å². The highest BCUT2D eigenvalue weighted by Crippen LogP contribution is 2.56. The Morgan fingerprint density at radius 1 is 1.04 bits per heavy atom. The second kappa shape index (κ2) is 7.31. The summed E-state index contributed by atoms with van der Waals surface area (Å²) in [5.41, 5.74) is -3.32. The van der Waals surface area contributed by atoms with Gasteiger partial charge in [0.05, 0.1) is 7.11 Å². The van der Waals surface area contributed by atoms with Gasteiger partial charge in [0, 0.05) is 21.2 Å². The fourth-order valence-electron chi connectivity index (χ4n) is 2.90. The molecule has 0 unspecified atom stereocenters. The van der Waals surface area contributed by atoms with Crippen LogP contribution in [-0.2, 0) is 19.0 Å². The Hall–Kier alpha value is -1.80. The van der Waals surface area contributed by atoms with Gasteiger partial charge in [-0.05, 0) is 12.1 Å². The SMILES string of the molecule is COC(=O)[C@@]1(C(F)(F)F)O[C@H](c2ccccc2Cl)O[C@H]1c1ccccc1Cl. The number of hydrogen-bond donors (Lipinski definition) is 0. The first-order valence-corrected chi connectivity index (χ1v) is 8.45. The van der Waals surface area contributed by atoms with Crippen LogP contribution < -0.4 is 0 Å². The van der Waals surface area contributed by atoms with Crippen LogP contribution in [0.25, 0.3) is 0 Å². The molecule has 2 aromatic rings. The number of rotatable bonds is 3. The number of hydrogen-bond acceptors (Lipinski definition) is 4. The molecule has 9 heteroatoms. The number of methoxy groups -OCH3 is 1. The van der Waals surface area contributed by atoms with Gasteiger partial charge in [-0.3, -0.25) is 0 Å². The number of ether oxygens (including phenoxy) is 3. The first kappa shape index (κ1) is 19.9. The number of carbonyl (C=O) groups is 1. The van der Waals surface area contributed by atoms with Crippen molar-refractivity contribution in [2.75, 3.05) is 7.11 Å². The molecule has 2 aromatic carbocycles. The van der Waals surface area contributed by atoms with Gasteiger partial charge in [-0.25, -0.2) is 4.79 Å². The molecular formula is C18H13Cl2F3O4. The van der Waals surface area contributed by atoms with Crippen molar-refractivity contribution in [1.82, 2.24) is 0 Å². The lowest BCUT2D eigenvalue weighted by molar-refractivity contribution is -0.275. The maximum absolute atomic E-state index is 14.1. The van der Waals surface area contributed by atoms with Gasteiger partial charge in [0.2, 0.25) is 0 Å². The second-order valence-corrected chi connectivity index (χ2v) is 6.55. The predicted molar refractivity (Wildman–Crippen MR) is 91.4 cm³/mol. The molecule has 0 aliphatic carbocycles. The van der Waals surface area contributed by atoms with E-state index in [-0.39, 0.29) is 21.2 Å². The Labute approximate surface area is 162 Å². The van der Waals surface area contributed by atoms with E-state index < -0.39 is 30.1 Å². The monoisotopic (exact) mass is 420 g/mol. The number of benzene rings is 2. The van der Waals surface area contributed by atoms with Crippen molar-refractivity contribution in [1.29, 1.82) is 0 Å². The maximum atomic E-state index is 14.1. The highest BCUT2D eigenvalue weighted by Gasteiger charge is 2.73. The number of halogens is 5. The van der Waals surface area contributed by atoms with Crippen molar-refractivity contribution in [2.45, 2.75) is 24.2 Å². The molecule has 1 saturated heterocycles. The van der Waals surface area contributed by atoms with Crippen molar-refractivity contribution < 1.29 is 32.2 Å². The first-order chi connectivity index (χ1) is 12.7. The average molecular weight is 421 g/mol. The minimum absolute atomic E-state index is 0.0107. The third kappa shape index (κ3) is 3.29. The molecule has 0 spiro atoms. The van der Waals surface area contributed by atoms with Gasteiger partial charge in [0.25, 0.3) is 5.60 Å². The summed E-state index contributed by atoms with van der Waals surface area (Å²) in [6.45, 7) is 0. The lowest BCUT2D eigenvalue weighted by Gasteiger charge is -2.32. The van der Waals surface area contributed by atoms with Crippen LogP contribution in [0.3, 0.4) is 0 Å². The van der Waals surface area contributed by atoms with E-state index in [2.05, 4.69) is 4.74 Å². The van der Waals surface area contributed by atoms with E-state index in [4.69, 9.17) is 32.7 Å². The quantitative estimate of drug-likeness (QED) is 0.635. The Kier molecular flexibility index (Phi) is 5.40. The van der Waals surface area contributed by atoms with Crippen molar-refractivity contribution >= 4 is 29.2 Å². The summed E-state index contributed by atoms with van der Waals surface area (Å²) in [6.07, 6.45) is -8.60. The van der Waals surface area contributed by atoms with Gasteiger partial charge in [-0.2, -0.15) is 13.2 Å². The molecule has 27 heavy (non-hydrogen) atoms. The largest absolute Gasteiger partial charge is 0.467 e. The lowest BCUT2D eigenvalue weighted by Crippen LogP contribution is -2.56. The van der Waals surface area contributed by atoms with Crippen molar-refractivity contribution in [3.8, 4) is 0 Å². The molecule has 0 amide bonds. The molecule has 144 valence electrons. The van der Waals surface area contributed by atoms with Crippen LogP contribution >= 0.6 is 23.2 Å². The van der Waals surface area contributed by atoms with Gasteiger partial charge in [-0.1, -0.05) is 59.6 Å². The van der Waals surface area contributed by atoms with Gasteiger partial charge in [0.1, 0.15) is 6.10 Å².